The number of hydrogen-bond acceptors (Lipinski definition) is 4. The van der Waals surface area contributed by atoms with Crippen LogP contribution in [0.1, 0.15) is 31.8 Å². The lowest BCUT2D eigenvalue weighted by atomic mass is 10.0. The van der Waals surface area contributed by atoms with Crippen molar-refractivity contribution in [1.29, 1.82) is 0 Å². The van der Waals surface area contributed by atoms with Crippen LogP contribution in [0.25, 0.3) is 0 Å². The van der Waals surface area contributed by atoms with E-state index in [1.165, 1.54) is 13.2 Å². The third kappa shape index (κ3) is 3.96. The molecule has 0 bridgehead atoms. The minimum atomic E-state index is -0.479. The molecule has 2 rings (SSSR count). The number of aryl methyl sites for hydroxylation is 1. The van der Waals surface area contributed by atoms with Gasteiger partial charge in [0.2, 0.25) is 0 Å². The second-order valence-corrected chi connectivity index (χ2v) is 5.97. The topological polar surface area (TPSA) is 58.6 Å². The van der Waals surface area contributed by atoms with Crippen molar-refractivity contribution in [3.8, 4) is 0 Å². The van der Waals surface area contributed by atoms with Crippen molar-refractivity contribution < 1.29 is 18.7 Å². The number of halogens is 1. The fourth-order valence-corrected chi connectivity index (χ4v) is 2.47. The van der Waals surface area contributed by atoms with Crippen molar-refractivity contribution in [2.75, 3.05) is 31.4 Å². The van der Waals surface area contributed by atoms with E-state index in [9.17, 15) is 14.0 Å². The monoisotopic (exact) mass is 344 g/mol. The first kappa shape index (κ1) is 18.4. The number of hydrogen-bond donors (Lipinski definition) is 1. The summed E-state index contributed by atoms with van der Waals surface area (Å²) in [6.45, 7) is 3.64. The summed E-state index contributed by atoms with van der Waals surface area (Å²) in [5.74, 6) is -1.41. The zero-order chi connectivity index (χ0) is 18.7. The number of methoxy groups -OCH3 is 1. The third-order valence-electron chi connectivity index (χ3n) is 4.02. The van der Waals surface area contributed by atoms with Crippen LogP contribution in [0.3, 0.4) is 0 Å². The predicted octanol–water partition coefficient (Wildman–Crippen LogP) is 3.55. The predicted molar refractivity (Wildman–Crippen MR) is 95.9 cm³/mol. The molecule has 2 aromatic rings. The van der Waals surface area contributed by atoms with E-state index in [0.717, 1.165) is 11.1 Å². The number of benzene rings is 2. The molecule has 6 heteroatoms. The maximum atomic E-state index is 14.0. The summed E-state index contributed by atoms with van der Waals surface area (Å²) in [7, 11) is 4.75. The Balaban J connectivity index is 2.30. The molecule has 1 N–H and O–H groups in total. The molecular weight excluding hydrogens is 323 g/mol. The molecule has 132 valence electrons. The van der Waals surface area contributed by atoms with Crippen LogP contribution < -0.4 is 10.2 Å². The van der Waals surface area contributed by atoms with Gasteiger partial charge in [0.05, 0.1) is 18.4 Å². The maximum absolute atomic E-state index is 14.0. The Hall–Kier alpha value is -2.89. The van der Waals surface area contributed by atoms with E-state index < -0.39 is 17.7 Å². The van der Waals surface area contributed by atoms with Crippen LogP contribution in [0.2, 0.25) is 0 Å². The van der Waals surface area contributed by atoms with E-state index in [0.29, 0.717) is 16.9 Å². The van der Waals surface area contributed by atoms with E-state index in [2.05, 4.69) is 5.32 Å². The molecule has 0 atom stereocenters. The molecule has 0 heterocycles. The Morgan fingerprint density at radius 3 is 2.36 bits per heavy atom. The average molecular weight is 344 g/mol. The molecule has 0 aliphatic carbocycles. The van der Waals surface area contributed by atoms with Gasteiger partial charge in [-0.05, 0) is 55.3 Å². The highest BCUT2D eigenvalue weighted by atomic mass is 19.1. The number of ether oxygens (including phenoxy) is 1. The zero-order valence-corrected chi connectivity index (χ0v) is 14.9. The minimum absolute atomic E-state index is 0.195. The molecule has 2 aromatic carbocycles. The van der Waals surface area contributed by atoms with Crippen molar-refractivity contribution in [2.45, 2.75) is 13.8 Å². The molecule has 1 amide bonds. The molecule has 5 nitrogen and oxygen atoms in total. The molecular formula is C19H21FN2O3. The van der Waals surface area contributed by atoms with Crippen LogP contribution in [0.15, 0.2) is 30.3 Å². The van der Waals surface area contributed by atoms with E-state index in [1.54, 1.807) is 43.3 Å². The number of esters is 1. The second-order valence-electron chi connectivity index (χ2n) is 5.97. The van der Waals surface area contributed by atoms with Crippen LogP contribution in [0.5, 0.6) is 0 Å². The summed E-state index contributed by atoms with van der Waals surface area (Å²) in [4.78, 5) is 25.9. The van der Waals surface area contributed by atoms with Crippen molar-refractivity contribution in [3.05, 3.63) is 58.4 Å². The first-order chi connectivity index (χ1) is 11.7. The Labute approximate surface area is 146 Å². The number of nitrogens with zero attached hydrogens (tertiary/aromatic N) is 1. The highest BCUT2D eigenvalue weighted by Gasteiger charge is 2.15. The fourth-order valence-electron chi connectivity index (χ4n) is 2.47. The Bertz CT molecular complexity index is 832. The van der Waals surface area contributed by atoms with Crippen molar-refractivity contribution >= 4 is 23.3 Å². The Morgan fingerprint density at radius 1 is 1.12 bits per heavy atom. The summed E-state index contributed by atoms with van der Waals surface area (Å²) in [6.07, 6.45) is 0. The maximum Gasteiger partial charge on any atom is 0.338 e. The van der Waals surface area contributed by atoms with Gasteiger partial charge in [-0.25, -0.2) is 9.18 Å². The van der Waals surface area contributed by atoms with Gasteiger partial charge in [0.1, 0.15) is 5.82 Å². The summed E-state index contributed by atoms with van der Waals surface area (Å²) in [5.41, 5.74) is 3.05. The molecule has 0 spiro atoms. The number of amides is 1. The Morgan fingerprint density at radius 2 is 1.80 bits per heavy atom. The lowest BCUT2D eigenvalue weighted by molar-refractivity contribution is 0.0599. The van der Waals surface area contributed by atoms with E-state index in [1.807, 2.05) is 13.8 Å². The van der Waals surface area contributed by atoms with Gasteiger partial charge in [0.25, 0.3) is 5.91 Å². The third-order valence-corrected chi connectivity index (χ3v) is 4.02. The lowest BCUT2D eigenvalue weighted by Crippen LogP contribution is -2.15. The van der Waals surface area contributed by atoms with Gasteiger partial charge < -0.3 is 15.0 Å². The summed E-state index contributed by atoms with van der Waals surface area (Å²) in [6, 6.07) is 7.59. The SMILES string of the molecule is COC(=O)c1cc(NC(=O)c2ccc(N(C)C)c(F)c2)cc(C)c1C. The second kappa shape index (κ2) is 7.34. The molecule has 25 heavy (non-hydrogen) atoms. The number of carbonyl (C=O) groups is 2. The Kier molecular flexibility index (Phi) is 5.41. The molecule has 0 fully saturated rings. The molecule has 0 unspecified atom stereocenters. The molecule has 0 radical (unpaired) electrons. The van der Waals surface area contributed by atoms with E-state index in [-0.39, 0.29) is 5.56 Å². The average Bonchev–Trinajstić information content (AvgIpc) is 2.56. The normalized spacial score (nSPS) is 10.3. The highest BCUT2D eigenvalue weighted by molar-refractivity contribution is 6.05. The van der Waals surface area contributed by atoms with Gasteiger partial charge >= 0.3 is 5.97 Å². The van der Waals surface area contributed by atoms with Crippen LogP contribution >= 0.6 is 0 Å². The van der Waals surface area contributed by atoms with Gasteiger partial charge in [-0.1, -0.05) is 0 Å². The first-order valence-electron chi connectivity index (χ1n) is 7.72. The van der Waals surface area contributed by atoms with Crippen molar-refractivity contribution in [3.63, 3.8) is 0 Å². The lowest BCUT2D eigenvalue weighted by Gasteiger charge is -2.15. The van der Waals surface area contributed by atoms with Gasteiger partial charge in [-0.3, -0.25) is 4.79 Å². The number of nitrogens with one attached hydrogen (secondary N) is 1. The van der Waals surface area contributed by atoms with Gasteiger partial charge in [-0.2, -0.15) is 0 Å². The zero-order valence-electron chi connectivity index (χ0n) is 14.9. The molecule has 0 aliphatic heterocycles. The van der Waals surface area contributed by atoms with Gasteiger partial charge in [0.15, 0.2) is 0 Å². The number of anilines is 2. The molecule has 0 saturated heterocycles. The largest absolute Gasteiger partial charge is 0.465 e. The van der Waals surface area contributed by atoms with Crippen molar-refractivity contribution in [1.82, 2.24) is 0 Å². The first-order valence-corrected chi connectivity index (χ1v) is 7.72. The fraction of sp³-hybridized carbons (Fsp3) is 0.263. The van der Waals surface area contributed by atoms with Crippen molar-refractivity contribution in [2.24, 2.45) is 0 Å². The molecule has 0 saturated carbocycles. The standard InChI is InChI=1S/C19H21FN2O3/c1-11-8-14(10-15(12(11)2)19(24)25-5)21-18(23)13-6-7-17(22(3)4)16(20)9-13/h6-10H,1-5H3,(H,21,23). The summed E-state index contributed by atoms with van der Waals surface area (Å²) >= 11 is 0. The summed E-state index contributed by atoms with van der Waals surface area (Å²) in [5, 5.41) is 2.69. The van der Waals surface area contributed by atoms with E-state index >= 15 is 0 Å². The van der Waals surface area contributed by atoms with Gasteiger partial charge in [-0.15, -0.1) is 0 Å². The number of rotatable bonds is 4. The van der Waals surface area contributed by atoms with Crippen LogP contribution in [0, 0.1) is 19.7 Å². The molecule has 0 aliphatic rings. The van der Waals surface area contributed by atoms with E-state index in [4.69, 9.17) is 4.74 Å². The number of carbonyl (C=O) groups excluding carboxylic acids is 2. The quantitative estimate of drug-likeness (QED) is 0.862. The highest BCUT2D eigenvalue weighted by Crippen LogP contribution is 2.23. The van der Waals surface area contributed by atoms with Crippen LogP contribution in [-0.4, -0.2) is 33.1 Å². The minimum Gasteiger partial charge on any atom is -0.465 e. The smallest absolute Gasteiger partial charge is 0.338 e. The summed E-state index contributed by atoms with van der Waals surface area (Å²) < 4.78 is 18.8. The van der Waals surface area contributed by atoms with Crippen LogP contribution in [0.4, 0.5) is 15.8 Å². The van der Waals surface area contributed by atoms with Gasteiger partial charge in [0, 0.05) is 25.3 Å². The van der Waals surface area contributed by atoms with Crippen LogP contribution in [-0.2, 0) is 4.74 Å². The molecule has 0 aromatic heterocycles.